The average Bonchev–Trinajstić information content (AvgIpc) is 2.26. The molecule has 0 fully saturated rings. The van der Waals surface area contributed by atoms with Crippen LogP contribution in [0.2, 0.25) is 0 Å². The molecule has 0 radical (unpaired) electrons. The summed E-state index contributed by atoms with van der Waals surface area (Å²) in [5.74, 6) is -2.23. The van der Waals surface area contributed by atoms with Crippen LogP contribution in [0.1, 0.15) is 23.7 Å². The zero-order valence-corrected chi connectivity index (χ0v) is 10.9. The topological polar surface area (TPSA) is 94.8 Å². The van der Waals surface area contributed by atoms with Crippen molar-refractivity contribution in [2.24, 2.45) is 0 Å². The lowest BCUT2D eigenvalue weighted by Gasteiger charge is -2.11. The molecule has 0 aliphatic carbocycles. The Morgan fingerprint density at radius 2 is 1.94 bits per heavy atom. The van der Waals surface area contributed by atoms with Crippen LogP contribution in [-0.4, -0.2) is 27.3 Å². The van der Waals surface area contributed by atoms with Gasteiger partial charge in [-0.1, -0.05) is 18.2 Å². The molecule has 1 unspecified atom stereocenters. The van der Waals surface area contributed by atoms with Crippen LogP contribution in [0.5, 0.6) is 0 Å². The van der Waals surface area contributed by atoms with Crippen molar-refractivity contribution in [2.45, 2.75) is 18.9 Å². The minimum atomic E-state index is -1.58. The van der Waals surface area contributed by atoms with E-state index in [1.807, 2.05) is 22.6 Å². The van der Waals surface area contributed by atoms with Gasteiger partial charge in [-0.3, -0.25) is 4.79 Å². The van der Waals surface area contributed by atoms with Gasteiger partial charge in [0, 0.05) is 15.6 Å². The first kappa shape index (κ1) is 13.9. The Kier molecular flexibility index (Phi) is 4.88. The number of carboxylic acid groups (broad SMARTS) is 2. The third kappa shape index (κ3) is 3.67. The number of benzene rings is 1. The summed E-state index contributed by atoms with van der Waals surface area (Å²) in [6, 6.07) is 4.86. The number of aliphatic hydroxyl groups is 1. The van der Waals surface area contributed by atoms with E-state index in [1.165, 1.54) is 6.07 Å². The smallest absolute Gasteiger partial charge is 0.337 e. The van der Waals surface area contributed by atoms with Crippen molar-refractivity contribution < 1.29 is 24.9 Å². The Hall–Kier alpha value is -1.15. The molecule has 92 valence electrons. The molecule has 0 spiro atoms. The van der Waals surface area contributed by atoms with E-state index in [0.717, 1.165) is 5.56 Å². The number of rotatable bonds is 5. The monoisotopic (exact) mass is 350 g/mol. The third-order valence-corrected chi connectivity index (χ3v) is 3.56. The second kappa shape index (κ2) is 5.97. The number of carboxylic acids is 2. The zero-order chi connectivity index (χ0) is 13.0. The Bertz CT molecular complexity index is 443. The molecule has 1 aromatic rings. The van der Waals surface area contributed by atoms with Gasteiger partial charge in [0.25, 0.3) is 0 Å². The molecule has 0 aromatic heterocycles. The highest BCUT2D eigenvalue weighted by atomic mass is 127. The van der Waals surface area contributed by atoms with E-state index < -0.39 is 18.0 Å². The average molecular weight is 350 g/mol. The van der Waals surface area contributed by atoms with Gasteiger partial charge in [-0.15, -0.1) is 0 Å². The molecular formula is C11H11IO5. The Morgan fingerprint density at radius 1 is 1.29 bits per heavy atom. The van der Waals surface area contributed by atoms with E-state index in [1.54, 1.807) is 12.1 Å². The van der Waals surface area contributed by atoms with Crippen molar-refractivity contribution in [1.29, 1.82) is 0 Å². The summed E-state index contributed by atoms with van der Waals surface area (Å²) in [5.41, 5.74) is 1.02. The van der Waals surface area contributed by atoms with E-state index >= 15 is 0 Å². The van der Waals surface area contributed by atoms with Crippen LogP contribution in [0, 0.1) is 3.57 Å². The highest BCUT2D eigenvalue weighted by molar-refractivity contribution is 14.1. The molecule has 1 aromatic carbocycles. The quantitative estimate of drug-likeness (QED) is 0.699. The second-order valence-electron chi connectivity index (χ2n) is 3.45. The summed E-state index contributed by atoms with van der Waals surface area (Å²) in [5, 5.41) is 26.8. The Balaban J connectivity index is 2.98. The summed E-state index contributed by atoms with van der Waals surface area (Å²) < 4.78 is 0.598. The summed E-state index contributed by atoms with van der Waals surface area (Å²) in [6.45, 7) is 0. The van der Waals surface area contributed by atoms with Gasteiger partial charge in [0.15, 0.2) is 6.10 Å². The lowest BCUT2D eigenvalue weighted by Crippen LogP contribution is -2.13. The molecule has 0 saturated carbocycles. The summed E-state index contributed by atoms with van der Waals surface area (Å²) in [6.07, 6.45) is -1.29. The molecule has 0 heterocycles. The molecular weight excluding hydrogens is 339 g/mol. The van der Waals surface area contributed by atoms with Crippen LogP contribution in [0.15, 0.2) is 18.2 Å². The van der Waals surface area contributed by atoms with Gasteiger partial charge in [0.2, 0.25) is 0 Å². The lowest BCUT2D eigenvalue weighted by molar-refractivity contribution is -0.147. The van der Waals surface area contributed by atoms with Gasteiger partial charge in [-0.25, -0.2) is 4.79 Å². The molecule has 0 amide bonds. The van der Waals surface area contributed by atoms with Gasteiger partial charge in [0.1, 0.15) is 0 Å². The largest absolute Gasteiger partial charge is 0.481 e. The minimum Gasteiger partial charge on any atom is -0.481 e. The van der Waals surface area contributed by atoms with E-state index in [2.05, 4.69) is 0 Å². The highest BCUT2D eigenvalue weighted by Gasteiger charge is 2.20. The molecule has 17 heavy (non-hydrogen) atoms. The molecule has 1 atom stereocenters. The Labute approximate surface area is 111 Å². The minimum absolute atomic E-state index is 0.0252. The fraction of sp³-hybridized carbons (Fsp3) is 0.273. The number of hydrogen-bond acceptors (Lipinski definition) is 3. The summed E-state index contributed by atoms with van der Waals surface area (Å²) in [4.78, 5) is 21.1. The third-order valence-electron chi connectivity index (χ3n) is 2.25. The van der Waals surface area contributed by atoms with E-state index in [4.69, 9.17) is 10.2 Å². The van der Waals surface area contributed by atoms with E-state index in [-0.39, 0.29) is 6.42 Å². The van der Waals surface area contributed by atoms with Crippen molar-refractivity contribution in [3.05, 3.63) is 32.9 Å². The van der Waals surface area contributed by atoms with Crippen molar-refractivity contribution in [1.82, 2.24) is 0 Å². The second-order valence-corrected chi connectivity index (χ2v) is 4.53. The fourth-order valence-corrected chi connectivity index (χ4v) is 2.30. The molecule has 0 bridgehead atoms. The molecule has 6 heteroatoms. The molecule has 1 rings (SSSR count). The van der Waals surface area contributed by atoms with Gasteiger partial charge < -0.3 is 15.3 Å². The summed E-state index contributed by atoms with van der Waals surface area (Å²) >= 11 is 1.92. The van der Waals surface area contributed by atoms with Crippen LogP contribution in [0.4, 0.5) is 0 Å². The van der Waals surface area contributed by atoms with E-state index in [9.17, 15) is 14.7 Å². The first-order valence-corrected chi connectivity index (χ1v) is 5.91. The van der Waals surface area contributed by atoms with Crippen LogP contribution in [-0.2, 0) is 16.0 Å². The lowest BCUT2D eigenvalue weighted by atomic mass is 10.0. The van der Waals surface area contributed by atoms with Gasteiger partial charge in [-0.05, 0) is 34.6 Å². The highest BCUT2D eigenvalue weighted by Crippen LogP contribution is 2.24. The van der Waals surface area contributed by atoms with Crippen molar-refractivity contribution in [3.8, 4) is 0 Å². The number of halogens is 1. The van der Waals surface area contributed by atoms with Gasteiger partial charge in [-0.2, -0.15) is 0 Å². The predicted octanol–water partition coefficient (Wildman–Crippen LogP) is 1.43. The molecule has 0 saturated heterocycles. The maximum absolute atomic E-state index is 10.7. The van der Waals surface area contributed by atoms with E-state index in [0.29, 0.717) is 15.6 Å². The normalized spacial score (nSPS) is 12.1. The molecule has 3 N–H and O–H groups in total. The molecule has 5 nitrogen and oxygen atoms in total. The number of carbonyl (C=O) groups is 2. The fourth-order valence-electron chi connectivity index (χ4n) is 1.38. The Morgan fingerprint density at radius 3 is 2.47 bits per heavy atom. The number of aryl methyl sites for hydroxylation is 1. The van der Waals surface area contributed by atoms with Crippen LogP contribution in [0.3, 0.4) is 0 Å². The van der Waals surface area contributed by atoms with Crippen molar-refractivity contribution in [3.63, 3.8) is 0 Å². The number of aliphatic hydroxyl groups excluding tert-OH is 1. The van der Waals surface area contributed by atoms with Crippen molar-refractivity contribution in [2.75, 3.05) is 0 Å². The number of hydrogen-bond donors (Lipinski definition) is 3. The first-order chi connectivity index (χ1) is 7.93. The molecule has 0 aliphatic heterocycles. The maximum atomic E-state index is 10.7. The van der Waals surface area contributed by atoms with Crippen LogP contribution < -0.4 is 0 Å². The maximum Gasteiger partial charge on any atom is 0.337 e. The zero-order valence-electron chi connectivity index (χ0n) is 8.76. The van der Waals surface area contributed by atoms with Crippen molar-refractivity contribution >= 4 is 34.5 Å². The van der Waals surface area contributed by atoms with Crippen LogP contribution in [0.25, 0.3) is 0 Å². The SMILES string of the molecule is O=C(O)CCc1cccc(C(O)C(=O)O)c1I. The van der Waals surface area contributed by atoms with Crippen LogP contribution >= 0.6 is 22.6 Å². The standard InChI is InChI=1S/C11H11IO5/c12-9-6(4-5-8(13)14)2-1-3-7(9)10(15)11(16)17/h1-3,10,15H,4-5H2,(H,13,14)(H,16,17). The van der Waals surface area contributed by atoms with Gasteiger partial charge >= 0.3 is 11.9 Å². The first-order valence-electron chi connectivity index (χ1n) is 4.83. The number of aliphatic carboxylic acids is 2. The molecule has 0 aliphatic rings. The predicted molar refractivity (Wildman–Crippen MR) is 67.7 cm³/mol. The van der Waals surface area contributed by atoms with Gasteiger partial charge in [0.05, 0.1) is 0 Å². The summed E-state index contributed by atoms with van der Waals surface area (Å²) in [7, 11) is 0.